The number of hydrogen-bond donors (Lipinski definition) is 0. The number of fused-ring (bicyclic) bond motifs is 1. The van der Waals surface area contributed by atoms with E-state index in [1.807, 2.05) is 6.07 Å². The Hall–Kier alpha value is -4.06. The van der Waals surface area contributed by atoms with E-state index in [9.17, 15) is 20.2 Å². The molecule has 0 unspecified atom stereocenters. The van der Waals surface area contributed by atoms with E-state index >= 15 is 0 Å². The van der Waals surface area contributed by atoms with Crippen LogP contribution in [0.15, 0.2) is 84.9 Å². The van der Waals surface area contributed by atoms with Crippen molar-refractivity contribution in [1.82, 2.24) is 0 Å². The highest BCUT2D eigenvalue weighted by molar-refractivity contribution is 6.12. The summed E-state index contributed by atoms with van der Waals surface area (Å²) in [5.74, 6) is 0. The third kappa shape index (κ3) is 2.77. The molecule has 0 N–H and O–H groups in total. The maximum Gasteiger partial charge on any atom is 0.292 e. The Bertz CT molecular complexity index is 1210. The topological polar surface area (TPSA) is 86.3 Å². The summed E-state index contributed by atoms with van der Waals surface area (Å²) in [4.78, 5) is 23.1. The Morgan fingerprint density at radius 3 is 1.43 bits per heavy atom. The van der Waals surface area contributed by atoms with Crippen molar-refractivity contribution in [2.24, 2.45) is 0 Å². The first-order valence-corrected chi connectivity index (χ1v) is 8.58. The van der Waals surface area contributed by atoms with Crippen molar-refractivity contribution >= 4 is 22.1 Å². The lowest BCUT2D eigenvalue weighted by Crippen LogP contribution is -2.02. The average Bonchev–Trinajstić information content (AvgIpc) is 2.72. The number of nitro benzene ring substituents is 2. The van der Waals surface area contributed by atoms with Gasteiger partial charge in [0.05, 0.1) is 20.8 Å². The molecule has 6 nitrogen and oxygen atoms in total. The zero-order valence-corrected chi connectivity index (χ0v) is 14.6. The molecule has 0 spiro atoms. The first-order chi connectivity index (χ1) is 13.6. The lowest BCUT2D eigenvalue weighted by molar-refractivity contribution is -0.391. The summed E-state index contributed by atoms with van der Waals surface area (Å²) in [6, 6.07) is 24.2. The van der Waals surface area contributed by atoms with Crippen molar-refractivity contribution in [3.05, 3.63) is 105 Å². The van der Waals surface area contributed by atoms with Gasteiger partial charge in [0, 0.05) is 5.39 Å². The van der Waals surface area contributed by atoms with Gasteiger partial charge in [-0.15, -0.1) is 0 Å². The molecule has 0 aliphatic rings. The van der Waals surface area contributed by atoms with Gasteiger partial charge in [-0.05, 0) is 17.2 Å². The molecule has 0 fully saturated rings. The van der Waals surface area contributed by atoms with Crippen molar-refractivity contribution < 1.29 is 9.85 Å². The van der Waals surface area contributed by atoms with Crippen LogP contribution in [0.5, 0.6) is 0 Å². The second-order valence-electron chi connectivity index (χ2n) is 6.24. The Morgan fingerprint density at radius 1 is 0.500 bits per heavy atom. The Balaban J connectivity index is 2.30. The van der Waals surface area contributed by atoms with Crippen molar-refractivity contribution in [1.29, 1.82) is 0 Å². The van der Waals surface area contributed by atoms with Crippen LogP contribution in [-0.2, 0) is 0 Å². The highest BCUT2D eigenvalue weighted by atomic mass is 16.6. The lowest BCUT2D eigenvalue weighted by atomic mass is 9.89. The molecule has 0 atom stereocenters. The molecule has 0 saturated heterocycles. The van der Waals surface area contributed by atoms with E-state index in [4.69, 9.17) is 0 Å². The van der Waals surface area contributed by atoms with E-state index in [1.54, 1.807) is 78.9 Å². The maximum atomic E-state index is 12.2. The van der Waals surface area contributed by atoms with Crippen molar-refractivity contribution in [3.8, 4) is 22.3 Å². The van der Waals surface area contributed by atoms with Crippen LogP contribution >= 0.6 is 0 Å². The summed E-state index contributed by atoms with van der Waals surface area (Å²) in [5, 5.41) is 25.1. The number of nitrogens with zero attached hydrogens (tertiary/aromatic N) is 2. The van der Waals surface area contributed by atoms with Crippen LogP contribution in [-0.4, -0.2) is 9.85 Å². The van der Waals surface area contributed by atoms with Gasteiger partial charge in [-0.25, -0.2) is 0 Å². The summed E-state index contributed by atoms with van der Waals surface area (Å²) in [6.45, 7) is 0. The molecule has 0 bridgehead atoms. The minimum absolute atomic E-state index is 0.0214. The molecular weight excluding hydrogens is 356 g/mol. The normalized spacial score (nSPS) is 10.7. The van der Waals surface area contributed by atoms with Crippen LogP contribution < -0.4 is 0 Å². The monoisotopic (exact) mass is 370 g/mol. The summed E-state index contributed by atoms with van der Waals surface area (Å²) in [6.07, 6.45) is 0. The minimum Gasteiger partial charge on any atom is -0.258 e. The van der Waals surface area contributed by atoms with Gasteiger partial charge in [-0.2, -0.15) is 0 Å². The lowest BCUT2D eigenvalue weighted by Gasteiger charge is -2.13. The van der Waals surface area contributed by atoms with Gasteiger partial charge >= 0.3 is 0 Å². The van der Waals surface area contributed by atoms with Crippen molar-refractivity contribution in [2.75, 3.05) is 0 Å². The zero-order valence-electron chi connectivity index (χ0n) is 14.6. The molecule has 0 heterocycles. The maximum absolute atomic E-state index is 12.2. The molecule has 4 aromatic carbocycles. The summed E-state index contributed by atoms with van der Waals surface area (Å²) >= 11 is 0. The third-order valence-corrected chi connectivity index (χ3v) is 4.65. The van der Waals surface area contributed by atoms with Crippen LogP contribution in [0, 0.1) is 20.2 Å². The summed E-state index contributed by atoms with van der Waals surface area (Å²) in [5.41, 5.74) is 0.955. The average molecular weight is 370 g/mol. The Morgan fingerprint density at radius 2 is 0.929 bits per heavy atom. The molecule has 0 aliphatic carbocycles. The van der Waals surface area contributed by atoms with E-state index in [0.717, 1.165) is 0 Å². The van der Waals surface area contributed by atoms with Gasteiger partial charge < -0.3 is 0 Å². The quantitative estimate of drug-likeness (QED) is 0.326. The molecule has 0 saturated carbocycles. The number of nitro groups is 2. The van der Waals surface area contributed by atoms with E-state index in [1.165, 1.54) is 0 Å². The molecular formula is C22H14N2O4. The SMILES string of the molecule is O=[N+]([O-])c1c(-c2ccccc2)c([N+](=O)[O-])c2ccccc2c1-c1ccccc1. The van der Waals surface area contributed by atoms with Gasteiger partial charge in [0.1, 0.15) is 5.56 Å². The van der Waals surface area contributed by atoms with Crippen molar-refractivity contribution in [3.63, 3.8) is 0 Å². The smallest absolute Gasteiger partial charge is 0.258 e. The number of hydrogen-bond acceptors (Lipinski definition) is 4. The van der Waals surface area contributed by atoms with Crippen LogP contribution in [0.25, 0.3) is 33.0 Å². The van der Waals surface area contributed by atoms with Crippen LogP contribution in [0.2, 0.25) is 0 Å². The fraction of sp³-hybridized carbons (Fsp3) is 0. The predicted octanol–water partition coefficient (Wildman–Crippen LogP) is 5.99. The van der Waals surface area contributed by atoms with Gasteiger partial charge in [0.25, 0.3) is 11.4 Å². The van der Waals surface area contributed by atoms with Gasteiger partial charge in [0.2, 0.25) is 0 Å². The predicted molar refractivity (Wildman–Crippen MR) is 108 cm³/mol. The molecule has 0 radical (unpaired) electrons. The molecule has 6 heteroatoms. The van der Waals surface area contributed by atoms with Crippen LogP contribution in [0.4, 0.5) is 11.4 Å². The largest absolute Gasteiger partial charge is 0.292 e. The highest BCUT2D eigenvalue weighted by Crippen LogP contribution is 2.49. The summed E-state index contributed by atoms with van der Waals surface area (Å²) < 4.78 is 0. The second kappa shape index (κ2) is 6.92. The van der Waals surface area contributed by atoms with Crippen LogP contribution in [0.1, 0.15) is 0 Å². The van der Waals surface area contributed by atoms with Crippen LogP contribution in [0.3, 0.4) is 0 Å². The summed E-state index contributed by atoms with van der Waals surface area (Å²) in [7, 11) is 0. The molecule has 0 aliphatic heterocycles. The minimum atomic E-state index is -0.535. The zero-order chi connectivity index (χ0) is 19.7. The molecule has 0 aromatic heterocycles. The fourth-order valence-electron chi connectivity index (χ4n) is 3.55. The van der Waals surface area contributed by atoms with E-state index in [0.29, 0.717) is 27.5 Å². The van der Waals surface area contributed by atoms with Gasteiger partial charge in [-0.3, -0.25) is 20.2 Å². The van der Waals surface area contributed by atoms with E-state index in [2.05, 4.69) is 0 Å². The molecule has 136 valence electrons. The van der Waals surface area contributed by atoms with E-state index in [-0.39, 0.29) is 16.9 Å². The molecule has 0 amide bonds. The number of benzene rings is 4. The first kappa shape index (κ1) is 17.4. The Kier molecular flexibility index (Phi) is 4.29. The van der Waals surface area contributed by atoms with E-state index < -0.39 is 9.85 Å². The second-order valence-corrected chi connectivity index (χ2v) is 6.24. The highest BCUT2D eigenvalue weighted by Gasteiger charge is 2.34. The Labute approximate surface area is 160 Å². The molecule has 4 rings (SSSR count). The molecule has 4 aromatic rings. The molecule has 28 heavy (non-hydrogen) atoms. The third-order valence-electron chi connectivity index (χ3n) is 4.65. The van der Waals surface area contributed by atoms with Gasteiger partial charge in [0.15, 0.2) is 0 Å². The standard InChI is InChI=1S/C22H14N2O4/c25-23(26)21-18-14-8-7-13-17(18)19(15-9-3-1-4-10-15)22(24(27)28)20(21)16-11-5-2-6-12-16/h1-14H. The van der Waals surface area contributed by atoms with Crippen molar-refractivity contribution in [2.45, 2.75) is 0 Å². The fourth-order valence-corrected chi connectivity index (χ4v) is 3.55. The number of rotatable bonds is 4. The first-order valence-electron chi connectivity index (χ1n) is 8.58. The van der Waals surface area contributed by atoms with Gasteiger partial charge in [-0.1, -0.05) is 78.9 Å².